The molecular weight excluding hydrogens is 298 g/mol. The van der Waals surface area contributed by atoms with Gasteiger partial charge in [0.05, 0.1) is 23.8 Å². The summed E-state index contributed by atoms with van der Waals surface area (Å²) in [6.45, 7) is 0.347. The molecule has 0 aliphatic rings. The largest absolute Gasteiger partial charge is 0.481 e. The van der Waals surface area contributed by atoms with E-state index in [0.717, 1.165) is 5.69 Å². The van der Waals surface area contributed by atoms with Crippen LogP contribution in [0.15, 0.2) is 39.7 Å². The van der Waals surface area contributed by atoms with Gasteiger partial charge in [-0.1, -0.05) is 6.07 Å². The van der Waals surface area contributed by atoms with Crippen LogP contribution in [0.25, 0.3) is 0 Å². The van der Waals surface area contributed by atoms with E-state index in [1.54, 1.807) is 25.4 Å². The highest BCUT2D eigenvalue weighted by molar-refractivity contribution is 9.10. The van der Waals surface area contributed by atoms with Crippen molar-refractivity contribution in [2.24, 2.45) is 0 Å². The van der Waals surface area contributed by atoms with Crippen LogP contribution >= 0.6 is 15.9 Å². The van der Waals surface area contributed by atoms with Crippen LogP contribution in [-0.2, 0) is 6.54 Å². The number of aromatic nitrogens is 2. The lowest BCUT2D eigenvalue weighted by molar-refractivity contribution is 0.396. The molecule has 0 unspecified atom stereocenters. The monoisotopic (exact) mass is 309 g/mol. The third kappa shape index (κ3) is 2.70. The number of halogens is 1. The Balaban J connectivity index is 2.36. The van der Waals surface area contributed by atoms with E-state index < -0.39 is 0 Å². The molecule has 0 radical (unpaired) electrons. The Morgan fingerprint density at radius 1 is 1.50 bits per heavy atom. The van der Waals surface area contributed by atoms with Gasteiger partial charge in [-0.15, -0.1) is 0 Å². The summed E-state index contributed by atoms with van der Waals surface area (Å²) < 4.78 is 6.97. The topological polar surface area (TPSA) is 70.1 Å². The van der Waals surface area contributed by atoms with Crippen molar-refractivity contribution in [2.75, 3.05) is 12.8 Å². The second-order valence-corrected chi connectivity index (χ2v) is 4.58. The average Bonchev–Trinajstić information content (AvgIpc) is 2.35. The molecule has 0 spiro atoms. The van der Waals surface area contributed by atoms with Gasteiger partial charge in [-0.3, -0.25) is 4.79 Å². The van der Waals surface area contributed by atoms with E-state index in [1.165, 1.54) is 4.57 Å². The molecule has 0 fully saturated rings. The molecule has 2 aromatic rings. The van der Waals surface area contributed by atoms with Crippen LogP contribution in [0.4, 0.5) is 5.69 Å². The fourth-order valence-corrected chi connectivity index (χ4v) is 2.06. The summed E-state index contributed by atoms with van der Waals surface area (Å²) in [7, 11) is 1.55. The zero-order chi connectivity index (χ0) is 13.1. The van der Waals surface area contributed by atoms with Crippen molar-refractivity contribution >= 4 is 21.6 Å². The van der Waals surface area contributed by atoms with Crippen molar-refractivity contribution in [1.82, 2.24) is 9.55 Å². The molecule has 2 rings (SSSR count). The predicted molar refractivity (Wildman–Crippen MR) is 72.7 cm³/mol. The lowest BCUT2D eigenvalue weighted by atomic mass is 10.3. The molecular formula is C12H12BrN3O2. The molecule has 0 saturated carbocycles. The first-order chi connectivity index (χ1) is 8.60. The summed E-state index contributed by atoms with van der Waals surface area (Å²) in [5.41, 5.74) is 6.81. The number of anilines is 1. The van der Waals surface area contributed by atoms with Crippen LogP contribution in [-0.4, -0.2) is 16.7 Å². The third-order valence-corrected chi connectivity index (χ3v) is 2.95. The number of nitrogens with two attached hydrogens (primary N) is 1. The Morgan fingerprint density at radius 3 is 3.00 bits per heavy atom. The number of rotatable bonds is 3. The van der Waals surface area contributed by atoms with Crippen LogP contribution in [0.2, 0.25) is 0 Å². The summed E-state index contributed by atoms with van der Waals surface area (Å²) in [5.74, 6) is 0.517. The minimum atomic E-state index is -0.145. The molecule has 2 aromatic heterocycles. The highest BCUT2D eigenvalue weighted by atomic mass is 79.9. The molecule has 2 heterocycles. The van der Waals surface area contributed by atoms with Crippen LogP contribution in [0.1, 0.15) is 5.69 Å². The summed E-state index contributed by atoms with van der Waals surface area (Å²) in [5, 5.41) is 0. The SMILES string of the molecule is COc1cccc(Cn2cc(N)cc(Br)c2=O)n1. The first-order valence-electron chi connectivity index (χ1n) is 5.25. The molecule has 94 valence electrons. The Labute approximate surface area is 112 Å². The maximum absolute atomic E-state index is 11.9. The summed E-state index contributed by atoms with van der Waals surface area (Å²) in [6.07, 6.45) is 1.59. The Kier molecular flexibility index (Phi) is 3.66. The maximum atomic E-state index is 11.9. The number of nitrogen functional groups attached to an aromatic ring is 1. The van der Waals surface area contributed by atoms with Gasteiger partial charge in [0.25, 0.3) is 5.56 Å². The number of pyridine rings is 2. The van der Waals surface area contributed by atoms with Gasteiger partial charge in [-0.2, -0.15) is 0 Å². The van der Waals surface area contributed by atoms with Crippen LogP contribution < -0.4 is 16.0 Å². The molecule has 0 aromatic carbocycles. The van der Waals surface area contributed by atoms with E-state index in [2.05, 4.69) is 20.9 Å². The van der Waals surface area contributed by atoms with Gasteiger partial charge >= 0.3 is 0 Å². The van der Waals surface area contributed by atoms with Gasteiger partial charge in [0.15, 0.2) is 0 Å². The average molecular weight is 310 g/mol. The summed E-state index contributed by atoms with van der Waals surface area (Å²) in [4.78, 5) is 16.1. The fraction of sp³-hybridized carbons (Fsp3) is 0.167. The number of hydrogen-bond acceptors (Lipinski definition) is 4. The highest BCUT2D eigenvalue weighted by Crippen LogP contribution is 2.11. The molecule has 0 saturated heterocycles. The van der Waals surface area contributed by atoms with Crippen LogP contribution in [0, 0.1) is 0 Å². The molecule has 6 heteroatoms. The van der Waals surface area contributed by atoms with Crippen LogP contribution in [0.3, 0.4) is 0 Å². The number of nitrogens with zero attached hydrogens (tertiary/aromatic N) is 2. The van der Waals surface area contributed by atoms with Gasteiger partial charge in [0.1, 0.15) is 0 Å². The van der Waals surface area contributed by atoms with Crippen molar-refractivity contribution in [3.05, 3.63) is 51.0 Å². The van der Waals surface area contributed by atoms with Gasteiger partial charge in [0.2, 0.25) is 5.88 Å². The van der Waals surface area contributed by atoms with E-state index in [1.807, 2.05) is 12.1 Å². The minimum Gasteiger partial charge on any atom is -0.481 e. The first-order valence-corrected chi connectivity index (χ1v) is 6.05. The predicted octanol–water partition coefficient (Wildman–Crippen LogP) is 1.64. The van der Waals surface area contributed by atoms with E-state index in [0.29, 0.717) is 22.6 Å². The van der Waals surface area contributed by atoms with Gasteiger partial charge in [0, 0.05) is 18.0 Å². The summed E-state index contributed by atoms with van der Waals surface area (Å²) >= 11 is 3.18. The Morgan fingerprint density at radius 2 is 2.28 bits per heavy atom. The zero-order valence-corrected chi connectivity index (χ0v) is 11.3. The van der Waals surface area contributed by atoms with Crippen molar-refractivity contribution < 1.29 is 4.74 Å². The van der Waals surface area contributed by atoms with Gasteiger partial charge in [-0.05, 0) is 28.1 Å². The second kappa shape index (κ2) is 5.22. The summed E-state index contributed by atoms with van der Waals surface area (Å²) in [6, 6.07) is 6.99. The molecule has 0 atom stereocenters. The molecule has 2 N–H and O–H groups in total. The van der Waals surface area contributed by atoms with Crippen molar-refractivity contribution in [3.8, 4) is 5.88 Å². The first kappa shape index (κ1) is 12.6. The minimum absolute atomic E-state index is 0.145. The van der Waals surface area contributed by atoms with Gasteiger partial charge in [-0.25, -0.2) is 4.98 Å². The number of hydrogen-bond donors (Lipinski definition) is 1. The maximum Gasteiger partial charge on any atom is 0.265 e. The highest BCUT2D eigenvalue weighted by Gasteiger charge is 2.05. The lowest BCUT2D eigenvalue weighted by Gasteiger charge is -2.08. The van der Waals surface area contributed by atoms with Crippen molar-refractivity contribution in [1.29, 1.82) is 0 Å². The van der Waals surface area contributed by atoms with Crippen molar-refractivity contribution in [3.63, 3.8) is 0 Å². The molecule has 0 aliphatic carbocycles. The Hall–Kier alpha value is -1.82. The quantitative estimate of drug-likeness (QED) is 0.936. The molecule has 0 bridgehead atoms. The fourth-order valence-electron chi connectivity index (χ4n) is 1.57. The van der Waals surface area contributed by atoms with E-state index in [-0.39, 0.29) is 5.56 Å². The second-order valence-electron chi connectivity index (χ2n) is 3.73. The smallest absolute Gasteiger partial charge is 0.265 e. The van der Waals surface area contributed by atoms with E-state index in [4.69, 9.17) is 10.5 Å². The molecule has 0 aliphatic heterocycles. The van der Waals surface area contributed by atoms with E-state index >= 15 is 0 Å². The third-order valence-electron chi connectivity index (χ3n) is 2.39. The molecule has 5 nitrogen and oxygen atoms in total. The standard InChI is InChI=1S/C12H12BrN3O2/c1-18-11-4-2-3-9(15-11)7-16-6-8(14)5-10(13)12(16)17/h2-6H,7,14H2,1H3. The van der Waals surface area contributed by atoms with Crippen LogP contribution in [0.5, 0.6) is 5.88 Å². The number of methoxy groups -OCH3 is 1. The van der Waals surface area contributed by atoms with E-state index in [9.17, 15) is 4.79 Å². The zero-order valence-electron chi connectivity index (χ0n) is 9.76. The molecule has 18 heavy (non-hydrogen) atoms. The number of ether oxygens (including phenoxy) is 1. The van der Waals surface area contributed by atoms with Crippen molar-refractivity contribution in [2.45, 2.75) is 6.54 Å². The lowest BCUT2D eigenvalue weighted by Crippen LogP contribution is -2.21. The molecule has 0 amide bonds. The van der Waals surface area contributed by atoms with Gasteiger partial charge < -0.3 is 15.0 Å². The normalized spacial score (nSPS) is 10.3. The Bertz CT molecular complexity index is 625.